The molecule has 2 rings (SSSR count). The third-order valence-electron chi connectivity index (χ3n) is 3.20. The van der Waals surface area contributed by atoms with Gasteiger partial charge < -0.3 is 20.6 Å². The van der Waals surface area contributed by atoms with Gasteiger partial charge >= 0.3 is 0 Å². The molecule has 4 N–H and O–H groups in total. The molecule has 0 saturated heterocycles. The molecular formula is C12H18N2O3. The van der Waals surface area contributed by atoms with Crippen molar-refractivity contribution in [2.75, 3.05) is 6.54 Å². The summed E-state index contributed by atoms with van der Waals surface area (Å²) in [5.74, 6) is 0.520. The van der Waals surface area contributed by atoms with E-state index in [0.29, 0.717) is 5.76 Å². The Morgan fingerprint density at radius 1 is 1.47 bits per heavy atom. The van der Waals surface area contributed by atoms with Gasteiger partial charge in [0.1, 0.15) is 5.76 Å². The van der Waals surface area contributed by atoms with E-state index in [1.54, 1.807) is 12.1 Å². The van der Waals surface area contributed by atoms with Crippen molar-refractivity contribution in [2.45, 2.75) is 37.8 Å². The predicted molar refractivity (Wildman–Crippen MR) is 62.4 cm³/mol. The van der Waals surface area contributed by atoms with Crippen molar-refractivity contribution in [2.24, 2.45) is 5.73 Å². The molecule has 1 heterocycles. The molecule has 5 nitrogen and oxygen atoms in total. The standard InChI is InChI=1S/C12H18N2O3/c13-7-9-3-4-10(17-9)11(15)14-8-12(16)5-1-2-6-12/h3-4,16H,1-2,5-8,13H2,(H,14,15). The van der Waals surface area contributed by atoms with Crippen LogP contribution in [0.5, 0.6) is 0 Å². The molecule has 0 unspecified atom stereocenters. The van der Waals surface area contributed by atoms with E-state index in [4.69, 9.17) is 10.2 Å². The highest BCUT2D eigenvalue weighted by Gasteiger charge is 2.31. The molecule has 0 radical (unpaired) electrons. The average Bonchev–Trinajstić information content (AvgIpc) is 2.95. The van der Waals surface area contributed by atoms with Crippen LogP contribution in [0, 0.1) is 0 Å². The Bertz CT molecular complexity index is 394. The summed E-state index contributed by atoms with van der Waals surface area (Å²) in [5, 5.41) is 12.8. The maximum atomic E-state index is 11.7. The Morgan fingerprint density at radius 3 is 2.76 bits per heavy atom. The van der Waals surface area contributed by atoms with Gasteiger partial charge in [0.05, 0.1) is 12.1 Å². The molecule has 1 aliphatic rings. The van der Waals surface area contributed by atoms with Crippen LogP contribution in [0.25, 0.3) is 0 Å². The van der Waals surface area contributed by atoms with Gasteiger partial charge in [-0.15, -0.1) is 0 Å². The third kappa shape index (κ3) is 2.87. The van der Waals surface area contributed by atoms with E-state index < -0.39 is 5.60 Å². The quantitative estimate of drug-likeness (QED) is 0.723. The number of aliphatic hydroxyl groups is 1. The van der Waals surface area contributed by atoms with Crippen molar-refractivity contribution in [1.29, 1.82) is 0 Å². The Labute approximate surface area is 100.0 Å². The van der Waals surface area contributed by atoms with E-state index in [2.05, 4.69) is 5.32 Å². The van der Waals surface area contributed by atoms with Gasteiger partial charge in [-0.3, -0.25) is 4.79 Å². The van der Waals surface area contributed by atoms with Crippen molar-refractivity contribution in [3.8, 4) is 0 Å². The first kappa shape index (κ1) is 12.1. The van der Waals surface area contributed by atoms with Gasteiger partial charge in [-0.2, -0.15) is 0 Å². The zero-order valence-corrected chi connectivity index (χ0v) is 9.74. The van der Waals surface area contributed by atoms with E-state index in [0.717, 1.165) is 25.7 Å². The van der Waals surface area contributed by atoms with Gasteiger partial charge in [-0.25, -0.2) is 0 Å². The normalized spacial score (nSPS) is 18.2. The molecule has 1 saturated carbocycles. The van der Waals surface area contributed by atoms with Crippen LogP contribution >= 0.6 is 0 Å². The minimum atomic E-state index is -0.737. The van der Waals surface area contributed by atoms with Crippen LogP contribution in [0.3, 0.4) is 0 Å². The summed E-state index contributed by atoms with van der Waals surface area (Å²) in [5.41, 5.74) is 4.66. The van der Waals surface area contributed by atoms with Crippen molar-refractivity contribution in [3.05, 3.63) is 23.7 Å². The largest absolute Gasteiger partial charge is 0.455 e. The molecule has 0 aromatic carbocycles. The molecule has 1 fully saturated rings. The number of amides is 1. The topological polar surface area (TPSA) is 88.5 Å². The molecule has 0 aliphatic heterocycles. The van der Waals surface area contributed by atoms with Gasteiger partial charge in [0.2, 0.25) is 0 Å². The van der Waals surface area contributed by atoms with E-state index in [9.17, 15) is 9.90 Å². The molecule has 1 aromatic rings. The number of rotatable bonds is 4. The molecule has 0 spiro atoms. The van der Waals surface area contributed by atoms with E-state index in [1.807, 2.05) is 0 Å². The lowest BCUT2D eigenvalue weighted by molar-refractivity contribution is 0.0443. The molecule has 5 heteroatoms. The first-order chi connectivity index (χ1) is 8.13. The molecule has 94 valence electrons. The zero-order valence-electron chi connectivity index (χ0n) is 9.74. The average molecular weight is 238 g/mol. The van der Waals surface area contributed by atoms with Crippen molar-refractivity contribution >= 4 is 5.91 Å². The maximum absolute atomic E-state index is 11.7. The number of hydrogen-bond acceptors (Lipinski definition) is 4. The second-order valence-corrected chi connectivity index (χ2v) is 4.58. The predicted octanol–water partition coefficient (Wildman–Crippen LogP) is 0.773. The lowest BCUT2D eigenvalue weighted by Gasteiger charge is -2.21. The highest BCUT2D eigenvalue weighted by Crippen LogP contribution is 2.28. The molecule has 1 aliphatic carbocycles. The summed E-state index contributed by atoms with van der Waals surface area (Å²) in [6.07, 6.45) is 3.54. The Hall–Kier alpha value is -1.33. The van der Waals surface area contributed by atoms with Crippen LogP contribution in [0.4, 0.5) is 0 Å². The number of carbonyl (C=O) groups is 1. The van der Waals surface area contributed by atoms with Crippen LogP contribution in [0.1, 0.15) is 42.0 Å². The molecule has 1 aromatic heterocycles. The van der Waals surface area contributed by atoms with Gasteiger partial charge in [-0.05, 0) is 25.0 Å². The second-order valence-electron chi connectivity index (χ2n) is 4.58. The van der Waals surface area contributed by atoms with Gasteiger partial charge in [-0.1, -0.05) is 12.8 Å². The Kier molecular flexibility index (Phi) is 3.49. The van der Waals surface area contributed by atoms with Crippen LogP contribution in [-0.2, 0) is 6.54 Å². The summed E-state index contributed by atoms with van der Waals surface area (Å²) < 4.78 is 5.22. The molecule has 1 amide bonds. The molecule has 17 heavy (non-hydrogen) atoms. The minimum Gasteiger partial charge on any atom is -0.455 e. The second kappa shape index (κ2) is 4.89. The highest BCUT2D eigenvalue weighted by atomic mass is 16.4. The molecular weight excluding hydrogens is 220 g/mol. The summed E-state index contributed by atoms with van der Waals surface area (Å²) in [6, 6.07) is 3.27. The van der Waals surface area contributed by atoms with Gasteiger partial charge in [0.25, 0.3) is 5.91 Å². The minimum absolute atomic E-state index is 0.243. The highest BCUT2D eigenvalue weighted by molar-refractivity contribution is 5.91. The lowest BCUT2D eigenvalue weighted by Crippen LogP contribution is -2.40. The summed E-state index contributed by atoms with van der Waals surface area (Å²) >= 11 is 0. The summed E-state index contributed by atoms with van der Waals surface area (Å²) in [6.45, 7) is 0.557. The number of nitrogens with one attached hydrogen (secondary N) is 1. The van der Waals surface area contributed by atoms with E-state index in [-0.39, 0.29) is 24.8 Å². The molecule has 0 bridgehead atoms. The van der Waals surface area contributed by atoms with E-state index >= 15 is 0 Å². The van der Waals surface area contributed by atoms with Crippen LogP contribution in [0.2, 0.25) is 0 Å². The summed E-state index contributed by atoms with van der Waals surface area (Å²) in [4.78, 5) is 11.7. The Balaban J connectivity index is 1.88. The van der Waals surface area contributed by atoms with Crippen molar-refractivity contribution in [3.63, 3.8) is 0 Å². The number of nitrogens with two attached hydrogens (primary N) is 1. The maximum Gasteiger partial charge on any atom is 0.287 e. The van der Waals surface area contributed by atoms with E-state index in [1.165, 1.54) is 0 Å². The fourth-order valence-electron chi connectivity index (χ4n) is 2.15. The molecule has 0 atom stereocenters. The fourth-order valence-corrected chi connectivity index (χ4v) is 2.15. The van der Waals surface area contributed by atoms with Gasteiger partial charge in [0.15, 0.2) is 5.76 Å². The third-order valence-corrected chi connectivity index (χ3v) is 3.20. The van der Waals surface area contributed by atoms with Gasteiger partial charge in [0, 0.05) is 6.54 Å². The number of furan rings is 1. The van der Waals surface area contributed by atoms with Crippen molar-refractivity contribution in [1.82, 2.24) is 5.32 Å². The first-order valence-electron chi connectivity index (χ1n) is 5.92. The SMILES string of the molecule is NCc1ccc(C(=O)NCC2(O)CCCC2)o1. The van der Waals surface area contributed by atoms with Crippen LogP contribution in [-0.4, -0.2) is 23.2 Å². The van der Waals surface area contributed by atoms with Crippen molar-refractivity contribution < 1.29 is 14.3 Å². The van der Waals surface area contributed by atoms with Crippen LogP contribution < -0.4 is 11.1 Å². The fraction of sp³-hybridized carbons (Fsp3) is 0.583. The number of hydrogen-bond donors (Lipinski definition) is 3. The summed E-state index contributed by atoms with van der Waals surface area (Å²) in [7, 11) is 0. The van der Waals surface area contributed by atoms with Crippen LogP contribution in [0.15, 0.2) is 16.5 Å². The smallest absolute Gasteiger partial charge is 0.287 e. The monoisotopic (exact) mass is 238 g/mol. The zero-order chi connectivity index (χ0) is 12.3. The number of carbonyl (C=O) groups excluding carboxylic acids is 1. The lowest BCUT2D eigenvalue weighted by atomic mass is 10.0. The first-order valence-corrected chi connectivity index (χ1v) is 5.92. The Morgan fingerprint density at radius 2 is 2.18 bits per heavy atom.